The molecular weight excluding hydrogens is 230 g/mol. The SMILES string of the molecule is CCc1ccc(-c2ccc(CC(C)NC)cc2)cc1. The standard InChI is InChI=1S/C18H23N/c1-4-15-5-9-17(10-6-15)18-11-7-16(8-12-18)13-14(2)19-3/h5-12,14,19H,4,13H2,1-3H3. The van der Waals surface area contributed by atoms with E-state index >= 15 is 0 Å². The van der Waals surface area contributed by atoms with Crippen LogP contribution >= 0.6 is 0 Å². The largest absolute Gasteiger partial charge is 0.317 e. The first-order valence-corrected chi connectivity index (χ1v) is 7.08. The minimum absolute atomic E-state index is 0.523. The Bertz CT molecular complexity index is 496. The molecule has 1 heteroatoms. The molecule has 1 N–H and O–H groups in total. The summed E-state index contributed by atoms with van der Waals surface area (Å²) in [6, 6.07) is 18.3. The molecule has 2 rings (SSSR count). The number of hydrogen-bond acceptors (Lipinski definition) is 1. The molecule has 0 heterocycles. The Morgan fingerprint density at radius 3 is 1.74 bits per heavy atom. The van der Waals surface area contributed by atoms with Crippen LogP contribution in [0, 0.1) is 0 Å². The van der Waals surface area contributed by atoms with E-state index in [9.17, 15) is 0 Å². The Labute approximate surface area is 116 Å². The van der Waals surface area contributed by atoms with E-state index in [0.29, 0.717) is 6.04 Å². The molecule has 0 amide bonds. The Morgan fingerprint density at radius 1 is 0.842 bits per heavy atom. The fourth-order valence-corrected chi connectivity index (χ4v) is 2.22. The second kappa shape index (κ2) is 6.53. The Balaban J connectivity index is 2.12. The molecule has 0 saturated heterocycles. The average Bonchev–Trinajstić information content (AvgIpc) is 2.48. The van der Waals surface area contributed by atoms with Crippen molar-refractivity contribution in [2.24, 2.45) is 0 Å². The van der Waals surface area contributed by atoms with Gasteiger partial charge in [-0.05, 0) is 49.1 Å². The highest BCUT2D eigenvalue weighted by Gasteiger charge is 2.02. The van der Waals surface area contributed by atoms with Crippen LogP contribution in [0.5, 0.6) is 0 Å². The molecule has 0 aliphatic rings. The lowest BCUT2D eigenvalue weighted by atomic mass is 10.00. The van der Waals surface area contributed by atoms with Gasteiger partial charge >= 0.3 is 0 Å². The van der Waals surface area contributed by atoms with Crippen molar-refractivity contribution in [2.75, 3.05) is 7.05 Å². The smallest absolute Gasteiger partial charge is 0.00761 e. The highest BCUT2D eigenvalue weighted by molar-refractivity contribution is 5.63. The maximum absolute atomic E-state index is 3.27. The van der Waals surface area contributed by atoms with E-state index in [2.05, 4.69) is 67.7 Å². The van der Waals surface area contributed by atoms with Crippen molar-refractivity contribution in [2.45, 2.75) is 32.7 Å². The average molecular weight is 253 g/mol. The molecule has 0 fully saturated rings. The van der Waals surface area contributed by atoms with Crippen molar-refractivity contribution >= 4 is 0 Å². The van der Waals surface area contributed by atoms with Crippen LogP contribution in [0.25, 0.3) is 11.1 Å². The number of nitrogens with one attached hydrogen (secondary N) is 1. The minimum Gasteiger partial charge on any atom is -0.317 e. The highest BCUT2D eigenvalue weighted by atomic mass is 14.8. The van der Waals surface area contributed by atoms with Crippen molar-refractivity contribution in [3.8, 4) is 11.1 Å². The molecule has 0 saturated carbocycles. The lowest BCUT2D eigenvalue weighted by Crippen LogP contribution is -2.23. The lowest BCUT2D eigenvalue weighted by Gasteiger charge is -2.10. The van der Waals surface area contributed by atoms with Crippen molar-refractivity contribution in [1.82, 2.24) is 5.32 Å². The second-order valence-electron chi connectivity index (χ2n) is 5.14. The molecular formula is C18H23N. The number of likely N-dealkylation sites (N-methyl/N-ethyl adjacent to an activating group) is 1. The van der Waals surface area contributed by atoms with E-state index in [0.717, 1.165) is 12.8 Å². The van der Waals surface area contributed by atoms with E-state index in [1.165, 1.54) is 22.3 Å². The van der Waals surface area contributed by atoms with Gasteiger partial charge in [0.1, 0.15) is 0 Å². The second-order valence-corrected chi connectivity index (χ2v) is 5.14. The molecule has 0 spiro atoms. The maximum atomic E-state index is 3.27. The molecule has 1 unspecified atom stereocenters. The first kappa shape index (κ1) is 13.8. The summed E-state index contributed by atoms with van der Waals surface area (Å²) < 4.78 is 0. The predicted molar refractivity (Wildman–Crippen MR) is 83.5 cm³/mol. The van der Waals surface area contributed by atoms with Gasteiger partial charge in [0.25, 0.3) is 0 Å². The molecule has 0 aromatic heterocycles. The molecule has 0 radical (unpaired) electrons. The number of aryl methyl sites for hydroxylation is 1. The number of rotatable bonds is 5. The summed E-state index contributed by atoms with van der Waals surface area (Å²) in [5.74, 6) is 0. The van der Waals surface area contributed by atoms with Crippen molar-refractivity contribution < 1.29 is 0 Å². The molecule has 2 aromatic rings. The van der Waals surface area contributed by atoms with Crippen LogP contribution in [-0.4, -0.2) is 13.1 Å². The van der Waals surface area contributed by atoms with Crippen LogP contribution in [0.2, 0.25) is 0 Å². The van der Waals surface area contributed by atoms with Crippen LogP contribution in [0.15, 0.2) is 48.5 Å². The van der Waals surface area contributed by atoms with E-state index < -0.39 is 0 Å². The van der Waals surface area contributed by atoms with Crippen molar-refractivity contribution in [3.63, 3.8) is 0 Å². The summed E-state index contributed by atoms with van der Waals surface area (Å²) in [7, 11) is 2.01. The number of hydrogen-bond donors (Lipinski definition) is 1. The van der Waals surface area contributed by atoms with Crippen LogP contribution in [-0.2, 0) is 12.8 Å². The maximum Gasteiger partial charge on any atom is 0.00761 e. The Kier molecular flexibility index (Phi) is 4.75. The molecule has 0 aliphatic carbocycles. The molecule has 1 nitrogen and oxygen atoms in total. The third-order valence-corrected chi connectivity index (χ3v) is 3.68. The van der Waals surface area contributed by atoms with Gasteiger partial charge in [-0.15, -0.1) is 0 Å². The van der Waals surface area contributed by atoms with Crippen LogP contribution in [0.4, 0.5) is 0 Å². The van der Waals surface area contributed by atoms with Gasteiger partial charge in [0.05, 0.1) is 0 Å². The third-order valence-electron chi connectivity index (χ3n) is 3.68. The van der Waals surface area contributed by atoms with E-state index in [4.69, 9.17) is 0 Å². The third kappa shape index (κ3) is 3.68. The van der Waals surface area contributed by atoms with Crippen molar-refractivity contribution in [1.29, 1.82) is 0 Å². The summed E-state index contributed by atoms with van der Waals surface area (Å²) in [6.07, 6.45) is 2.17. The van der Waals surface area contributed by atoms with Crippen LogP contribution < -0.4 is 5.32 Å². The fourth-order valence-electron chi connectivity index (χ4n) is 2.22. The molecule has 0 bridgehead atoms. The fraction of sp³-hybridized carbons (Fsp3) is 0.333. The Hall–Kier alpha value is -1.60. The highest BCUT2D eigenvalue weighted by Crippen LogP contribution is 2.21. The zero-order valence-electron chi connectivity index (χ0n) is 12.1. The van der Waals surface area contributed by atoms with Gasteiger partial charge in [0, 0.05) is 6.04 Å². The molecule has 100 valence electrons. The van der Waals surface area contributed by atoms with E-state index in [1.807, 2.05) is 7.05 Å². The molecule has 19 heavy (non-hydrogen) atoms. The molecule has 1 atom stereocenters. The zero-order chi connectivity index (χ0) is 13.7. The summed E-state index contributed by atoms with van der Waals surface area (Å²) in [6.45, 7) is 4.39. The zero-order valence-corrected chi connectivity index (χ0v) is 12.1. The molecule has 2 aromatic carbocycles. The number of benzene rings is 2. The summed E-state index contributed by atoms with van der Waals surface area (Å²) in [5, 5.41) is 3.27. The van der Waals surface area contributed by atoms with Gasteiger partial charge in [-0.2, -0.15) is 0 Å². The molecule has 0 aliphatic heterocycles. The topological polar surface area (TPSA) is 12.0 Å². The van der Waals surface area contributed by atoms with Gasteiger partial charge in [0.2, 0.25) is 0 Å². The van der Waals surface area contributed by atoms with E-state index in [1.54, 1.807) is 0 Å². The van der Waals surface area contributed by atoms with Gasteiger partial charge in [-0.1, -0.05) is 55.5 Å². The van der Waals surface area contributed by atoms with Gasteiger partial charge in [-0.25, -0.2) is 0 Å². The van der Waals surface area contributed by atoms with Crippen molar-refractivity contribution in [3.05, 3.63) is 59.7 Å². The minimum atomic E-state index is 0.523. The quantitative estimate of drug-likeness (QED) is 0.847. The van der Waals surface area contributed by atoms with Gasteiger partial charge < -0.3 is 5.32 Å². The predicted octanol–water partition coefficient (Wildman–Crippen LogP) is 4.07. The summed E-state index contributed by atoms with van der Waals surface area (Å²) >= 11 is 0. The van der Waals surface area contributed by atoms with Crippen LogP contribution in [0.1, 0.15) is 25.0 Å². The van der Waals surface area contributed by atoms with Gasteiger partial charge in [0.15, 0.2) is 0 Å². The van der Waals surface area contributed by atoms with Gasteiger partial charge in [-0.3, -0.25) is 0 Å². The monoisotopic (exact) mass is 253 g/mol. The first-order chi connectivity index (χ1) is 9.22. The normalized spacial score (nSPS) is 12.4. The Morgan fingerprint density at radius 2 is 1.32 bits per heavy atom. The van der Waals surface area contributed by atoms with E-state index in [-0.39, 0.29) is 0 Å². The van der Waals surface area contributed by atoms with Crippen LogP contribution in [0.3, 0.4) is 0 Å². The summed E-state index contributed by atoms with van der Waals surface area (Å²) in [5.41, 5.74) is 5.37. The summed E-state index contributed by atoms with van der Waals surface area (Å²) in [4.78, 5) is 0. The lowest BCUT2D eigenvalue weighted by molar-refractivity contribution is 0.608. The first-order valence-electron chi connectivity index (χ1n) is 7.08.